The van der Waals surface area contributed by atoms with Gasteiger partial charge in [0, 0.05) is 23.5 Å². The highest BCUT2D eigenvalue weighted by Gasteiger charge is 2.47. The first-order chi connectivity index (χ1) is 28.1. The Hall–Kier alpha value is -7.92. The third-order valence-corrected chi connectivity index (χ3v) is 11.3. The minimum Gasteiger partial charge on any atom is -0.256 e. The standard InChI is InChI=1S/C53H32N4/c54-33-35-23-25-56-50(27-35)40-13-9-11-37(29-40)38-21-22-46-48(31-38)53(42-15-3-1-4-16-42,43-17-5-2-6-18-43)49-32-47(44-19-7-8-20-45(44)52(46)49)39-12-10-14-41(30-39)51-28-36(34-55)24-26-57-51/h1-32H. The number of fused-ring (bicyclic) bond motifs is 5. The molecule has 0 radical (unpaired) electrons. The zero-order chi connectivity index (χ0) is 38.3. The molecule has 4 heteroatoms. The lowest BCUT2D eigenvalue weighted by atomic mass is 9.67. The Labute approximate surface area is 331 Å². The molecule has 0 bridgehead atoms. The lowest BCUT2D eigenvalue weighted by Crippen LogP contribution is -2.28. The molecule has 0 N–H and O–H groups in total. The number of hydrogen-bond donors (Lipinski definition) is 0. The van der Waals surface area contributed by atoms with Crippen LogP contribution < -0.4 is 0 Å². The van der Waals surface area contributed by atoms with E-state index in [0.29, 0.717) is 11.1 Å². The summed E-state index contributed by atoms with van der Waals surface area (Å²) in [6, 6.07) is 68.5. The van der Waals surface area contributed by atoms with Crippen molar-refractivity contribution in [1.29, 1.82) is 10.5 Å². The van der Waals surface area contributed by atoms with E-state index in [1.54, 1.807) is 24.5 Å². The van der Waals surface area contributed by atoms with Crippen molar-refractivity contribution in [3.63, 3.8) is 0 Å². The molecule has 2 heterocycles. The van der Waals surface area contributed by atoms with Crippen molar-refractivity contribution in [2.24, 2.45) is 0 Å². The van der Waals surface area contributed by atoms with Gasteiger partial charge in [-0.2, -0.15) is 10.5 Å². The molecule has 264 valence electrons. The largest absolute Gasteiger partial charge is 0.256 e. The fourth-order valence-electron chi connectivity index (χ4n) is 8.78. The Balaban J connectivity index is 1.25. The molecule has 4 nitrogen and oxygen atoms in total. The smallest absolute Gasteiger partial charge is 0.0992 e. The third kappa shape index (κ3) is 5.51. The molecule has 7 aromatic carbocycles. The van der Waals surface area contributed by atoms with Crippen LogP contribution in [0, 0.1) is 22.7 Å². The van der Waals surface area contributed by atoms with Gasteiger partial charge >= 0.3 is 0 Å². The first-order valence-electron chi connectivity index (χ1n) is 18.9. The van der Waals surface area contributed by atoms with E-state index in [2.05, 4.69) is 174 Å². The van der Waals surface area contributed by atoms with Gasteiger partial charge in [0.25, 0.3) is 0 Å². The number of pyridine rings is 2. The maximum atomic E-state index is 9.63. The van der Waals surface area contributed by atoms with E-state index in [9.17, 15) is 10.5 Å². The molecule has 0 amide bonds. The van der Waals surface area contributed by atoms with E-state index in [4.69, 9.17) is 0 Å². The quantitative estimate of drug-likeness (QED) is 0.171. The second kappa shape index (κ2) is 13.7. The molecule has 1 aliphatic rings. The molecule has 0 saturated heterocycles. The lowest BCUT2D eigenvalue weighted by Gasteiger charge is -2.34. The van der Waals surface area contributed by atoms with Gasteiger partial charge in [0.05, 0.1) is 40.1 Å². The summed E-state index contributed by atoms with van der Waals surface area (Å²) in [5.41, 5.74) is 15.6. The second-order valence-electron chi connectivity index (χ2n) is 14.4. The van der Waals surface area contributed by atoms with Crippen molar-refractivity contribution < 1.29 is 0 Å². The van der Waals surface area contributed by atoms with Gasteiger partial charge in [0.2, 0.25) is 0 Å². The van der Waals surface area contributed by atoms with E-state index >= 15 is 0 Å². The fraction of sp³-hybridized carbons (Fsp3) is 0.0189. The van der Waals surface area contributed by atoms with Crippen LogP contribution in [0.1, 0.15) is 33.4 Å². The Bertz CT molecular complexity index is 3060. The molecular weight excluding hydrogens is 693 g/mol. The molecule has 0 spiro atoms. The zero-order valence-electron chi connectivity index (χ0n) is 30.8. The normalized spacial score (nSPS) is 12.3. The highest BCUT2D eigenvalue weighted by molar-refractivity contribution is 6.10. The summed E-state index contributed by atoms with van der Waals surface area (Å²) in [6.45, 7) is 0. The van der Waals surface area contributed by atoms with Gasteiger partial charge in [0.1, 0.15) is 0 Å². The predicted octanol–water partition coefficient (Wildman–Crippen LogP) is 12.4. The predicted molar refractivity (Wildman–Crippen MR) is 228 cm³/mol. The van der Waals surface area contributed by atoms with Crippen LogP contribution in [0.3, 0.4) is 0 Å². The van der Waals surface area contributed by atoms with Crippen LogP contribution in [0.5, 0.6) is 0 Å². The van der Waals surface area contributed by atoms with Crippen molar-refractivity contribution in [3.8, 4) is 68.0 Å². The highest BCUT2D eigenvalue weighted by Crippen LogP contribution is 2.59. The third-order valence-electron chi connectivity index (χ3n) is 11.3. The van der Waals surface area contributed by atoms with Gasteiger partial charge in [-0.25, -0.2) is 0 Å². The van der Waals surface area contributed by atoms with Gasteiger partial charge in [-0.15, -0.1) is 0 Å². The number of benzene rings is 7. The summed E-state index contributed by atoms with van der Waals surface area (Å²) in [4.78, 5) is 9.24. The first kappa shape index (κ1) is 33.6. The SMILES string of the molecule is N#Cc1ccnc(-c2cccc(-c3ccc4c(c3)C(c3ccccc3)(c3ccccc3)c3cc(-c5cccc(-c6cc(C#N)ccn6)c5)c5ccccc5c3-4)c2)c1. The van der Waals surface area contributed by atoms with Crippen molar-refractivity contribution in [2.75, 3.05) is 0 Å². The average molecular weight is 725 g/mol. The van der Waals surface area contributed by atoms with Crippen LogP contribution in [-0.4, -0.2) is 9.97 Å². The van der Waals surface area contributed by atoms with Crippen molar-refractivity contribution >= 4 is 10.8 Å². The molecule has 1 aliphatic carbocycles. The van der Waals surface area contributed by atoms with Crippen LogP contribution >= 0.6 is 0 Å². The first-order valence-corrected chi connectivity index (χ1v) is 18.9. The fourth-order valence-corrected chi connectivity index (χ4v) is 8.78. The number of hydrogen-bond acceptors (Lipinski definition) is 4. The van der Waals surface area contributed by atoms with Crippen LogP contribution in [0.4, 0.5) is 0 Å². The number of aromatic nitrogens is 2. The molecule has 0 unspecified atom stereocenters. The van der Waals surface area contributed by atoms with Crippen LogP contribution in [0.15, 0.2) is 194 Å². The average Bonchev–Trinajstić information content (AvgIpc) is 3.60. The van der Waals surface area contributed by atoms with E-state index in [1.165, 1.54) is 44.2 Å². The van der Waals surface area contributed by atoms with E-state index in [1.807, 2.05) is 18.2 Å². The molecule has 0 atom stereocenters. The monoisotopic (exact) mass is 724 g/mol. The Morgan fingerprint density at radius 3 is 1.53 bits per heavy atom. The summed E-state index contributed by atoms with van der Waals surface area (Å²) in [5.74, 6) is 0. The number of nitriles is 2. The molecule has 10 rings (SSSR count). The lowest BCUT2D eigenvalue weighted by molar-refractivity contribution is 0.769. The molecule has 57 heavy (non-hydrogen) atoms. The highest BCUT2D eigenvalue weighted by atomic mass is 14.7. The minimum absolute atomic E-state index is 0.581. The second-order valence-corrected chi connectivity index (χ2v) is 14.4. The summed E-state index contributed by atoms with van der Waals surface area (Å²) < 4.78 is 0. The van der Waals surface area contributed by atoms with Gasteiger partial charge in [0.15, 0.2) is 0 Å². The molecule has 0 saturated carbocycles. The van der Waals surface area contributed by atoms with Crippen LogP contribution in [-0.2, 0) is 5.41 Å². The van der Waals surface area contributed by atoms with Crippen molar-refractivity contribution in [3.05, 3.63) is 228 Å². The summed E-state index contributed by atoms with van der Waals surface area (Å²) in [5, 5.41) is 21.6. The molecule has 9 aromatic rings. The van der Waals surface area contributed by atoms with Gasteiger partial charge in [-0.3, -0.25) is 9.97 Å². The maximum Gasteiger partial charge on any atom is 0.0992 e. The molecule has 0 aliphatic heterocycles. The summed E-state index contributed by atoms with van der Waals surface area (Å²) in [7, 11) is 0. The topological polar surface area (TPSA) is 73.4 Å². The number of rotatable bonds is 6. The Morgan fingerprint density at radius 2 is 0.912 bits per heavy atom. The van der Waals surface area contributed by atoms with Crippen molar-refractivity contribution in [1.82, 2.24) is 9.97 Å². The van der Waals surface area contributed by atoms with Gasteiger partial charge in [-0.1, -0.05) is 133 Å². The molecule has 0 fully saturated rings. The number of nitrogens with zero attached hydrogens (tertiary/aromatic N) is 4. The summed E-state index contributed by atoms with van der Waals surface area (Å²) >= 11 is 0. The maximum absolute atomic E-state index is 9.63. The van der Waals surface area contributed by atoms with Crippen molar-refractivity contribution in [2.45, 2.75) is 5.41 Å². The van der Waals surface area contributed by atoms with E-state index in [0.717, 1.165) is 44.8 Å². The Morgan fingerprint density at radius 1 is 0.386 bits per heavy atom. The van der Waals surface area contributed by atoms with Crippen LogP contribution in [0.25, 0.3) is 66.7 Å². The van der Waals surface area contributed by atoms with Gasteiger partial charge < -0.3 is 0 Å². The van der Waals surface area contributed by atoms with Crippen LogP contribution in [0.2, 0.25) is 0 Å². The zero-order valence-corrected chi connectivity index (χ0v) is 30.8. The summed E-state index contributed by atoms with van der Waals surface area (Å²) in [6.07, 6.45) is 3.39. The minimum atomic E-state index is -0.650. The molecule has 2 aromatic heterocycles. The van der Waals surface area contributed by atoms with Gasteiger partial charge in [-0.05, 0) is 115 Å². The molecular formula is C53H32N4. The Kier molecular flexibility index (Phi) is 8.11. The van der Waals surface area contributed by atoms with E-state index in [-0.39, 0.29) is 0 Å². The van der Waals surface area contributed by atoms with E-state index < -0.39 is 5.41 Å².